The molecule has 1 aromatic carbocycles. The molecular formula is C14H17N3O3S. The van der Waals surface area contributed by atoms with E-state index in [2.05, 4.69) is 4.98 Å². The number of ether oxygens (including phenoxy) is 1. The van der Waals surface area contributed by atoms with Gasteiger partial charge in [-0.05, 0) is 17.7 Å². The Morgan fingerprint density at radius 2 is 2.19 bits per heavy atom. The van der Waals surface area contributed by atoms with Gasteiger partial charge in [-0.1, -0.05) is 12.1 Å². The molecule has 7 heteroatoms. The number of rotatable bonds is 3. The van der Waals surface area contributed by atoms with Gasteiger partial charge in [0.25, 0.3) is 0 Å². The largest absolute Gasteiger partial charge is 0.497 e. The third kappa shape index (κ3) is 2.66. The van der Waals surface area contributed by atoms with Crippen LogP contribution >= 0.6 is 0 Å². The van der Waals surface area contributed by atoms with E-state index in [1.54, 1.807) is 13.3 Å². The van der Waals surface area contributed by atoms with Crippen molar-refractivity contribution in [3.05, 3.63) is 48.0 Å². The fourth-order valence-electron chi connectivity index (χ4n) is 2.65. The van der Waals surface area contributed by atoms with Crippen LogP contribution < -0.4 is 4.74 Å². The fourth-order valence-corrected chi connectivity index (χ4v) is 3.65. The summed E-state index contributed by atoms with van der Waals surface area (Å²) in [5, 5.41) is 0. The molecule has 6 nitrogen and oxygen atoms in total. The lowest BCUT2D eigenvalue weighted by Crippen LogP contribution is -2.40. The average Bonchev–Trinajstić information content (AvgIpc) is 2.92. The lowest BCUT2D eigenvalue weighted by Gasteiger charge is -2.34. The summed E-state index contributed by atoms with van der Waals surface area (Å²) >= 11 is 0. The molecule has 0 amide bonds. The lowest BCUT2D eigenvalue weighted by molar-refractivity contribution is 0.244. The van der Waals surface area contributed by atoms with Gasteiger partial charge >= 0.3 is 0 Å². The zero-order chi connectivity index (χ0) is 15.0. The molecule has 112 valence electrons. The van der Waals surface area contributed by atoms with E-state index in [0.29, 0.717) is 6.54 Å². The molecule has 2 heterocycles. The lowest BCUT2D eigenvalue weighted by atomic mass is 10.1. The molecular weight excluding hydrogens is 290 g/mol. The first-order chi connectivity index (χ1) is 9.99. The predicted molar refractivity (Wildman–Crippen MR) is 78.3 cm³/mol. The smallest absolute Gasteiger partial charge is 0.212 e. The minimum atomic E-state index is -3.32. The van der Waals surface area contributed by atoms with Crippen molar-refractivity contribution < 1.29 is 13.2 Å². The van der Waals surface area contributed by atoms with Gasteiger partial charge < -0.3 is 9.30 Å². The van der Waals surface area contributed by atoms with Gasteiger partial charge in [0.2, 0.25) is 10.0 Å². The van der Waals surface area contributed by atoms with Gasteiger partial charge in [-0.25, -0.2) is 13.4 Å². The SMILES string of the molecule is COc1cccc(C2Cn3ccnc3CN2S(C)(=O)=O)c1. The first kappa shape index (κ1) is 14.1. The third-order valence-electron chi connectivity index (χ3n) is 3.72. The summed E-state index contributed by atoms with van der Waals surface area (Å²) in [6.07, 6.45) is 4.81. The highest BCUT2D eigenvalue weighted by molar-refractivity contribution is 7.88. The van der Waals surface area contributed by atoms with E-state index in [1.807, 2.05) is 35.0 Å². The Kier molecular flexibility index (Phi) is 3.46. The summed E-state index contributed by atoms with van der Waals surface area (Å²) in [7, 11) is -1.72. The van der Waals surface area contributed by atoms with Crippen LogP contribution in [0, 0.1) is 0 Å². The number of sulfonamides is 1. The van der Waals surface area contributed by atoms with Crippen molar-refractivity contribution in [1.82, 2.24) is 13.9 Å². The Morgan fingerprint density at radius 1 is 1.38 bits per heavy atom. The van der Waals surface area contributed by atoms with Gasteiger partial charge in [0, 0.05) is 18.9 Å². The number of aromatic nitrogens is 2. The minimum Gasteiger partial charge on any atom is -0.497 e. The quantitative estimate of drug-likeness (QED) is 0.860. The maximum absolute atomic E-state index is 12.1. The molecule has 2 aromatic rings. The van der Waals surface area contributed by atoms with Crippen LogP contribution in [0.2, 0.25) is 0 Å². The van der Waals surface area contributed by atoms with E-state index < -0.39 is 10.0 Å². The number of fused-ring (bicyclic) bond motifs is 1. The second kappa shape index (κ2) is 5.16. The normalized spacial score (nSPS) is 19.2. The molecule has 1 aliphatic rings. The van der Waals surface area contributed by atoms with Gasteiger partial charge in [0.05, 0.1) is 26.0 Å². The molecule has 0 aliphatic carbocycles. The van der Waals surface area contributed by atoms with Gasteiger partial charge in [0.1, 0.15) is 11.6 Å². The molecule has 0 spiro atoms. The highest BCUT2D eigenvalue weighted by Crippen LogP contribution is 2.32. The van der Waals surface area contributed by atoms with Crippen LogP contribution in [0.4, 0.5) is 0 Å². The van der Waals surface area contributed by atoms with E-state index in [9.17, 15) is 8.42 Å². The highest BCUT2D eigenvalue weighted by Gasteiger charge is 2.33. The average molecular weight is 307 g/mol. The fraction of sp³-hybridized carbons (Fsp3) is 0.357. The van der Waals surface area contributed by atoms with Crippen molar-refractivity contribution in [2.75, 3.05) is 13.4 Å². The van der Waals surface area contributed by atoms with Crippen LogP contribution in [0.25, 0.3) is 0 Å². The highest BCUT2D eigenvalue weighted by atomic mass is 32.2. The number of nitrogens with zero attached hydrogens (tertiary/aromatic N) is 3. The summed E-state index contributed by atoms with van der Waals surface area (Å²) in [6.45, 7) is 0.837. The molecule has 1 aromatic heterocycles. The van der Waals surface area contributed by atoms with Crippen LogP contribution in [-0.4, -0.2) is 35.6 Å². The number of hydrogen-bond acceptors (Lipinski definition) is 4. The molecule has 1 aliphatic heterocycles. The van der Waals surface area contributed by atoms with E-state index in [1.165, 1.54) is 10.6 Å². The van der Waals surface area contributed by atoms with E-state index in [-0.39, 0.29) is 12.6 Å². The first-order valence-electron chi connectivity index (χ1n) is 6.60. The molecule has 0 saturated heterocycles. The predicted octanol–water partition coefficient (Wildman–Crippen LogP) is 1.41. The standard InChI is InChI=1S/C14H17N3O3S/c1-20-12-5-3-4-11(8-12)13-9-16-7-6-15-14(16)10-17(13)21(2,18)19/h3-8,13H,9-10H2,1-2H3. The van der Waals surface area contributed by atoms with Gasteiger partial charge in [-0.3, -0.25) is 0 Å². The molecule has 3 rings (SSSR count). The van der Waals surface area contributed by atoms with E-state index >= 15 is 0 Å². The molecule has 0 radical (unpaired) electrons. The van der Waals surface area contributed by atoms with Crippen LogP contribution in [0.5, 0.6) is 5.75 Å². The van der Waals surface area contributed by atoms with Gasteiger partial charge in [-0.2, -0.15) is 4.31 Å². The monoisotopic (exact) mass is 307 g/mol. The molecule has 21 heavy (non-hydrogen) atoms. The van der Waals surface area contributed by atoms with Crippen molar-refractivity contribution in [1.29, 1.82) is 0 Å². The Balaban J connectivity index is 2.05. The van der Waals surface area contributed by atoms with Crippen molar-refractivity contribution in [2.45, 2.75) is 19.1 Å². The maximum Gasteiger partial charge on any atom is 0.212 e. The van der Waals surface area contributed by atoms with Gasteiger partial charge in [0.15, 0.2) is 0 Å². The molecule has 0 N–H and O–H groups in total. The molecule has 0 fully saturated rings. The van der Waals surface area contributed by atoms with Crippen molar-refractivity contribution in [2.24, 2.45) is 0 Å². The first-order valence-corrected chi connectivity index (χ1v) is 8.44. The Hall–Kier alpha value is -1.86. The topological polar surface area (TPSA) is 64.4 Å². The maximum atomic E-state index is 12.1. The Bertz CT molecular complexity index is 754. The molecule has 1 unspecified atom stereocenters. The van der Waals surface area contributed by atoms with Crippen molar-refractivity contribution in [3.63, 3.8) is 0 Å². The van der Waals surface area contributed by atoms with Crippen molar-refractivity contribution >= 4 is 10.0 Å². The number of hydrogen-bond donors (Lipinski definition) is 0. The second-order valence-corrected chi connectivity index (χ2v) is 7.03. The number of imidazole rings is 1. The van der Waals surface area contributed by atoms with Crippen LogP contribution in [0.3, 0.4) is 0 Å². The second-order valence-electron chi connectivity index (χ2n) is 5.10. The van der Waals surface area contributed by atoms with E-state index in [4.69, 9.17) is 4.74 Å². The zero-order valence-corrected chi connectivity index (χ0v) is 12.7. The molecule has 0 saturated carbocycles. The van der Waals surface area contributed by atoms with Crippen LogP contribution in [-0.2, 0) is 23.1 Å². The summed E-state index contributed by atoms with van der Waals surface area (Å²) in [4.78, 5) is 4.21. The number of benzene rings is 1. The minimum absolute atomic E-state index is 0.253. The molecule has 1 atom stereocenters. The van der Waals surface area contributed by atoms with Crippen LogP contribution in [0.15, 0.2) is 36.7 Å². The Morgan fingerprint density at radius 3 is 2.90 bits per heavy atom. The van der Waals surface area contributed by atoms with E-state index in [0.717, 1.165) is 17.1 Å². The van der Waals surface area contributed by atoms with Crippen LogP contribution in [0.1, 0.15) is 17.4 Å². The molecule has 0 bridgehead atoms. The third-order valence-corrected chi connectivity index (χ3v) is 4.96. The summed E-state index contributed by atoms with van der Waals surface area (Å²) in [6, 6.07) is 7.27. The zero-order valence-electron chi connectivity index (χ0n) is 11.9. The van der Waals surface area contributed by atoms with Gasteiger partial charge in [-0.15, -0.1) is 0 Å². The summed E-state index contributed by atoms with van der Waals surface area (Å²) in [5.41, 5.74) is 0.916. The van der Waals surface area contributed by atoms with Crippen molar-refractivity contribution in [3.8, 4) is 5.75 Å². The number of methoxy groups -OCH3 is 1. The summed E-state index contributed by atoms with van der Waals surface area (Å²) < 4.78 is 32.9. The Labute approximate surface area is 124 Å². The summed E-state index contributed by atoms with van der Waals surface area (Å²) in [5.74, 6) is 1.48.